The molecule has 0 amide bonds. The van der Waals surface area contributed by atoms with E-state index in [0.717, 1.165) is 6.54 Å². The lowest BCUT2D eigenvalue weighted by atomic mass is 10.5. The number of rotatable bonds is 6. The summed E-state index contributed by atoms with van der Waals surface area (Å²) in [5.41, 5.74) is 0. The fraction of sp³-hybridized carbons (Fsp3) is 0.750. The number of nitrogens with one attached hydrogen (secondary N) is 1. The lowest BCUT2D eigenvalue weighted by molar-refractivity contribution is 0.0809. The Kier molecular flexibility index (Phi) is 5.88. The van der Waals surface area contributed by atoms with Crippen molar-refractivity contribution in [3.8, 4) is 0 Å². The molecule has 3 heteroatoms. The fourth-order valence-corrected chi connectivity index (χ4v) is 0.599. The van der Waals surface area contributed by atoms with Crippen LogP contribution in [0, 0.1) is 0 Å². The van der Waals surface area contributed by atoms with Crippen LogP contribution >= 0.6 is 0 Å². The molecule has 0 fully saturated rings. The van der Waals surface area contributed by atoms with Crippen molar-refractivity contribution in [2.45, 2.75) is 20.0 Å². The van der Waals surface area contributed by atoms with Crippen LogP contribution in [0.3, 0.4) is 0 Å². The molecule has 0 atom stereocenters. The van der Waals surface area contributed by atoms with Crippen molar-refractivity contribution in [1.29, 1.82) is 0 Å². The van der Waals surface area contributed by atoms with E-state index in [1.54, 1.807) is 0 Å². The van der Waals surface area contributed by atoms with Crippen molar-refractivity contribution in [1.82, 2.24) is 5.32 Å². The third-order valence-corrected chi connectivity index (χ3v) is 1.06. The average molecular weight is 159 g/mol. The maximum Gasteiger partial charge on any atom is 0.0988 e. The summed E-state index contributed by atoms with van der Waals surface area (Å²) < 4.78 is 5.25. The molecule has 0 rings (SSSR count). The Balaban J connectivity index is 2.97. The molecule has 0 aliphatic heterocycles. The van der Waals surface area contributed by atoms with Crippen molar-refractivity contribution in [2.75, 3.05) is 19.7 Å². The first-order chi connectivity index (χ1) is 5.13. The van der Waals surface area contributed by atoms with E-state index in [9.17, 15) is 0 Å². The zero-order valence-corrected chi connectivity index (χ0v) is 7.26. The smallest absolute Gasteiger partial charge is 0.0988 e. The minimum atomic E-state index is 0.162. The standard InChI is InChI=1S/C8H17NO2/c1-7(2)11-5-4-9-6-8(3)10/h7,9-10H,3-6H2,1-2H3. The summed E-state index contributed by atoms with van der Waals surface area (Å²) >= 11 is 0. The van der Waals surface area contributed by atoms with Gasteiger partial charge in [-0.05, 0) is 13.8 Å². The lowest BCUT2D eigenvalue weighted by Crippen LogP contribution is -2.23. The van der Waals surface area contributed by atoms with Crippen LogP contribution in [-0.4, -0.2) is 30.9 Å². The molecule has 0 spiro atoms. The Bertz CT molecular complexity index is 113. The largest absolute Gasteiger partial charge is 0.512 e. The van der Waals surface area contributed by atoms with Crippen LogP contribution in [0.4, 0.5) is 0 Å². The Hall–Kier alpha value is -0.540. The quantitative estimate of drug-likeness (QED) is 0.450. The summed E-state index contributed by atoms with van der Waals surface area (Å²) in [5.74, 6) is 0.162. The van der Waals surface area contributed by atoms with Gasteiger partial charge in [-0.15, -0.1) is 0 Å². The van der Waals surface area contributed by atoms with Crippen LogP contribution in [0.2, 0.25) is 0 Å². The summed E-state index contributed by atoms with van der Waals surface area (Å²) in [7, 11) is 0. The summed E-state index contributed by atoms with van der Waals surface area (Å²) in [6, 6.07) is 0. The van der Waals surface area contributed by atoms with Crippen LogP contribution in [0.1, 0.15) is 13.8 Å². The molecule has 0 aromatic carbocycles. The minimum absolute atomic E-state index is 0.162. The Morgan fingerprint density at radius 1 is 1.64 bits per heavy atom. The summed E-state index contributed by atoms with van der Waals surface area (Å²) in [4.78, 5) is 0. The molecule has 2 N–H and O–H groups in total. The third kappa shape index (κ3) is 9.46. The highest BCUT2D eigenvalue weighted by atomic mass is 16.5. The number of aliphatic hydroxyl groups is 1. The molecule has 0 saturated heterocycles. The predicted octanol–water partition coefficient (Wildman–Crippen LogP) is 1.07. The fourth-order valence-electron chi connectivity index (χ4n) is 0.599. The molecular formula is C8H17NO2. The molecule has 0 aliphatic rings. The van der Waals surface area contributed by atoms with Crippen molar-refractivity contribution in [3.63, 3.8) is 0 Å². The molecule has 11 heavy (non-hydrogen) atoms. The Morgan fingerprint density at radius 2 is 2.27 bits per heavy atom. The molecule has 0 saturated carbocycles. The van der Waals surface area contributed by atoms with Gasteiger partial charge in [-0.2, -0.15) is 0 Å². The highest BCUT2D eigenvalue weighted by Gasteiger charge is 1.92. The number of aliphatic hydroxyl groups excluding tert-OH is 1. The van der Waals surface area contributed by atoms with E-state index in [1.165, 1.54) is 0 Å². The van der Waals surface area contributed by atoms with Gasteiger partial charge in [-0.1, -0.05) is 6.58 Å². The zero-order chi connectivity index (χ0) is 8.69. The van der Waals surface area contributed by atoms with E-state index in [-0.39, 0.29) is 11.9 Å². The van der Waals surface area contributed by atoms with Crippen molar-refractivity contribution < 1.29 is 9.84 Å². The van der Waals surface area contributed by atoms with Gasteiger partial charge in [-0.25, -0.2) is 0 Å². The molecule has 0 aromatic rings. The second-order valence-electron chi connectivity index (χ2n) is 2.66. The van der Waals surface area contributed by atoms with Crippen molar-refractivity contribution in [2.24, 2.45) is 0 Å². The number of ether oxygens (including phenoxy) is 1. The van der Waals surface area contributed by atoms with Crippen LogP contribution in [0.25, 0.3) is 0 Å². The topological polar surface area (TPSA) is 41.5 Å². The Labute approximate surface area is 68.1 Å². The van der Waals surface area contributed by atoms with Gasteiger partial charge < -0.3 is 15.2 Å². The summed E-state index contributed by atoms with van der Waals surface area (Å²) in [5, 5.41) is 11.6. The highest BCUT2D eigenvalue weighted by Crippen LogP contribution is 1.85. The van der Waals surface area contributed by atoms with E-state index in [1.807, 2.05) is 13.8 Å². The maximum absolute atomic E-state index is 8.66. The van der Waals surface area contributed by atoms with E-state index >= 15 is 0 Å². The molecule has 0 bridgehead atoms. The van der Waals surface area contributed by atoms with Crippen molar-refractivity contribution in [3.05, 3.63) is 12.3 Å². The third-order valence-electron chi connectivity index (χ3n) is 1.06. The molecular weight excluding hydrogens is 142 g/mol. The van der Waals surface area contributed by atoms with E-state index in [2.05, 4.69) is 11.9 Å². The van der Waals surface area contributed by atoms with Gasteiger partial charge in [0, 0.05) is 6.54 Å². The molecule has 0 heterocycles. The van der Waals surface area contributed by atoms with Gasteiger partial charge in [0.2, 0.25) is 0 Å². The summed E-state index contributed by atoms with van der Waals surface area (Å²) in [6.07, 6.45) is 0.272. The molecule has 0 aromatic heterocycles. The van der Waals surface area contributed by atoms with Gasteiger partial charge in [0.05, 0.1) is 25.0 Å². The predicted molar refractivity (Wildman–Crippen MR) is 45.7 cm³/mol. The normalized spacial score (nSPS) is 10.5. The SMILES string of the molecule is C=C(O)CNCCOC(C)C. The van der Waals surface area contributed by atoms with Gasteiger partial charge >= 0.3 is 0 Å². The first-order valence-corrected chi connectivity index (χ1v) is 3.82. The van der Waals surface area contributed by atoms with Gasteiger partial charge in [0.15, 0.2) is 0 Å². The second kappa shape index (κ2) is 6.19. The molecule has 0 radical (unpaired) electrons. The van der Waals surface area contributed by atoms with Crippen LogP contribution in [0.15, 0.2) is 12.3 Å². The summed E-state index contributed by atoms with van der Waals surface area (Å²) in [6.45, 7) is 9.19. The van der Waals surface area contributed by atoms with Gasteiger partial charge in [0.1, 0.15) is 0 Å². The second-order valence-corrected chi connectivity index (χ2v) is 2.66. The molecule has 0 aliphatic carbocycles. The highest BCUT2D eigenvalue weighted by molar-refractivity contribution is 4.81. The van der Waals surface area contributed by atoms with E-state index < -0.39 is 0 Å². The van der Waals surface area contributed by atoms with Crippen LogP contribution < -0.4 is 5.32 Å². The van der Waals surface area contributed by atoms with Gasteiger partial charge in [0.25, 0.3) is 0 Å². The monoisotopic (exact) mass is 159 g/mol. The minimum Gasteiger partial charge on any atom is -0.512 e. The van der Waals surface area contributed by atoms with Crippen LogP contribution in [-0.2, 0) is 4.74 Å². The number of hydrogen-bond donors (Lipinski definition) is 2. The van der Waals surface area contributed by atoms with Crippen LogP contribution in [0.5, 0.6) is 0 Å². The maximum atomic E-state index is 8.66. The van der Waals surface area contributed by atoms with E-state index in [4.69, 9.17) is 9.84 Å². The van der Waals surface area contributed by atoms with Crippen molar-refractivity contribution >= 4 is 0 Å². The van der Waals surface area contributed by atoms with Gasteiger partial charge in [-0.3, -0.25) is 0 Å². The van der Waals surface area contributed by atoms with E-state index in [0.29, 0.717) is 13.2 Å². The first kappa shape index (κ1) is 10.5. The average Bonchev–Trinajstić information content (AvgIpc) is 1.85. The Morgan fingerprint density at radius 3 is 2.73 bits per heavy atom. The first-order valence-electron chi connectivity index (χ1n) is 3.82. The lowest BCUT2D eigenvalue weighted by Gasteiger charge is -2.07. The molecule has 3 nitrogen and oxygen atoms in total. The molecule has 66 valence electrons. The number of hydrogen-bond acceptors (Lipinski definition) is 3. The molecule has 0 unspecified atom stereocenters. The zero-order valence-electron chi connectivity index (χ0n) is 7.26.